The van der Waals surface area contributed by atoms with Gasteiger partial charge in [-0.25, -0.2) is 9.37 Å². The molecule has 0 atom stereocenters. The third-order valence-electron chi connectivity index (χ3n) is 6.50. The Labute approximate surface area is 197 Å². The largest absolute Gasteiger partial charge is 0.416 e. The number of hydrogen-bond acceptors (Lipinski definition) is 4. The molecule has 182 valence electrons. The molecule has 1 heterocycles. The van der Waals surface area contributed by atoms with E-state index in [1.807, 2.05) is 32.3 Å². The van der Waals surface area contributed by atoms with Crippen LogP contribution in [0.4, 0.5) is 29.1 Å². The van der Waals surface area contributed by atoms with Crippen molar-refractivity contribution in [3.05, 3.63) is 65.5 Å². The van der Waals surface area contributed by atoms with Crippen LogP contribution >= 0.6 is 0 Å². The summed E-state index contributed by atoms with van der Waals surface area (Å²) in [5.41, 5.74) is 1.30. The first-order chi connectivity index (χ1) is 16.2. The van der Waals surface area contributed by atoms with Crippen LogP contribution in [0, 0.1) is 11.7 Å². The second kappa shape index (κ2) is 10.2. The van der Waals surface area contributed by atoms with Crippen LogP contribution in [0.1, 0.15) is 36.8 Å². The Bertz CT molecular complexity index is 1120. The number of alkyl halides is 3. The lowest BCUT2D eigenvalue weighted by Gasteiger charge is -2.30. The third-order valence-corrected chi connectivity index (χ3v) is 6.50. The summed E-state index contributed by atoms with van der Waals surface area (Å²) < 4.78 is 52.6. The van der Waals surface area contributed by atoms with Crippen LogP contribution in [-0.2, 0) is 12.7 Å². The molecule has 8 heteroatoms. The SMILES string of the molecule is CN(C)c1cc(N[C@H]2CC[C@@H](CNCc3cc(C(F)(F)F)ccc3F)CC2)nc2ccccc12. The van der Waals surface area contributed by atoms with E-state index in [4.69, 9.17) is 4.98 Å². The highest BCUT2D eigenvalue weighted by atomic mass is 19.4. The molecule has 1 aromatic heterocycles. The summed E-state index contributed by atoms with van der Waals surface area (Å²) in [5, 5.41) is 7.85. The highest BCUT2D eigenvalue weighted by Crippen LogP contribution is 2.32. The van der Waals surface area contributed by atoms with Gasteiger partial charge in [-0.1, -0.05) is 18.2 Å². The van der Waals surface area contributed by atoms with Gasteiger partial charge in [-0.15, -0.1) is 0 Å². The Morgan fingerprint density at radius 2 is 1.74 bits per heavy atom. The first-order valence-corrected chi connectivity index (χ1v) is 11.6. The van der Waals surface area contributed by atoms with E-state index >= 15 is 0 Å². The Balaban J connectivity index is 1.29. The molecule has 0 aliphatic heterocycles. The first-order valence-electron chi connectivity index (χ1n) is 11.6. The van der Waals surface area contributed by atoms with Gasteiger partial charge >= 0.3 is 6.18 Å². The predicted molar refractivity (Wildman–Crippen MR) is 129 cm³/mol. The minimum absolute atomic E-state index is 0.0456. The van der Waals surface area contributed by atoms with Gasteiger partial charge in [-0.2, -0.15) is 13.2 Å². The van der Waals surface area contributed by atoms with E-state index < -0.39 is 17.6 Å². The van der Waals surface area contributed by atoms with E-state index in [0.717, 1.165) is 66.3 Å². The van der Waals surface area contributed by atoms with Crippen molar-refractivity contribution < 1.29 is 17.6 Å². The summed E-state index contributed by atoms with van der Waals surface area (Å²) in [4.78, 5) is 6.87. The van der Waals surface area contributed by atoms with E-state index in [9.17, 15) is 17.6 Å². The topological polar surface area (TPSA) is 40.2 Å². The molecule has 0 radical (unpaired) electrons. The fourth-order valence-corrected chi connectivity index (χ4v) is 4.62. The lowest BCUT2D eigenvalue weighted by molar-refractivity contribution is -0.137. The first kappa shape index (κ1) is 24.3. The van der Waals surface area contributed by atoms with Crippen molar-refractivity contribution in [1.29, 1.82) is 0 Å². The number of pyridine rings is 1. The van der Waals surface area contributed by atoms with Crippen molar-refractivity contribution in [1.82, 2.24) is 10.3 Å². The standard InChI is InChI=1S/C26H30F4N4/c1-34(2)24-14-25(33-23-6-4-3-5-21(23)24)32-20-10-7-17(8-11-20)15-31-16-18-13-19(26(28,29)30)9-12-22(18)27/h3-6,9,12-14,17,20,31H,7-8,10-11,15-16H2,1-2H3,(H,32,33)/t17-,20+. The zero-order valence-electron chi connectivity index (χ0n) is 19.4. The highest BCUT2D eigenvalue weighted by molar-refractivity contribution is 5.93. The van der Waals surface area contributed by atoms with Gasteiger partial charge in [-0.3, -0.25) is 0 Å². The number of benzene rings is 2. The molecule has 34 heavy (non-hydrogen) atoms. The summed E-state index contributed by atoms with van der Waals surface area (Å²) in [6.07, 6.45) is -0.527. The number of rotatable bonds is 7. The van der Waals surface area contributed by atoms with E-state index in [0.29, 0.717) is 18.5 Å². The number of para-hydroxylation sites is 1. The summed E-state index contributed by atoms with van der Waals surface area (Å²) in [6.45, 7) is 0.740. The normalized spacial score (nSPS) is 18.8. The Kier molecular flexibility index (Phi) is 7.26. The molecule has 0 bridgehead atoms. The average molecular weight is 475 g/mol. The highest BCUT2D eigenvalue weighted by Gasteiger charge is 2.31. The van der Waals surface area contributed by atoms with Gasteiger partial charge in [0.2, 0.25) is 0 Å². The smallest absolute Gasteiger partial charge is 0.377 e. The fourth-order valence-electron chi connectivity index (χ4n) is 4.62. The fraction of sp³-hybridized carbons (Fsp3) is 0.423. The summed E-state index contributed by atoms with van der Waals surface area (Å²) >= 11 is 0. The summed E-state index contributed by atoms with van der Waals surface area (Å²) in [7, 11) is 4.05. The molecular formula is C26H30F4N4. The van der Waals surface area contributed by atoms with Gasteiger partial charge in [0.1, 0.15) is 11.6 Å². The third kappa shape index (κ3) is 5.78. The quantitative estimate of drug-likeness (QED) is 0.399. The van der Waals surface area contributed by atoms with Crippen LogP contribution in [0.3, 0.4) is 0 Å². The van der Waals surface area contributed by atoms with Gasteiger partial charge in [0.05, 0.1) is 11.1 Å². The van der Waals surface area contributed by atoms with Gasteiger partial charge in [0.25, 0.3) is 0 Å². The Morgan fingerprint density at radius 3 is 2.44 bits per heavy atom. The lowest BCUT2D eigenvalue weighted by atomic mass is 9.86. The van der Waals surface area contributed by atoms with Crippen molar-refractivity contribution in [3.8, 4) is 0 Å². The van der Waals surface area contributed by atoms with Crippen LogP contribution in [0.25, 0.3) is 10.9 Å². The Hall–Kier alpha value is -2.87. The molecule has 3 aromatic rings. The number of halogens is 4. The van der Waals surface area contributed by atoms with Gasteiger partial charge < -0.3 is 15.5 Å². The molecule has 2 N–H and O–H groups in total. The number of nitrogens with one attached hydrogen (secondary N) is 2. The second-order valence-corrected chi connectivity index (χ2v) is 9.24. The molecule has 2 aromatic carbocycles. The zero-order valence-corrected chi connectivity index (χ0v) is 19.4. The van der Waals surface area contributed by atoms with Gasteiger partial charge in [0.15, 0.2) is 0 Å². The molecule has 1 fully saturated rings. The maximum absolute atomic E-state index is 13.9. The molecular weight excluding hydrogens is 444 g/mol. The number of aromatic nitrogens is 1. The number of fused-ring (bicyclic) bond motifs is 1. The van der Waals surface area contributed by atoms with E-state index in [-0.39, 0.29) is 12.1 Å². The molecule has 1 aliphatic rings. The minimum atomic E-state index is -4.47. The lowest BCUT2D eigenvalue weighted by Crippen LogP contribution is -2.31. The second-order valence-electron chi connectivity index (χ2n) is 9.24. The minimum Gasteiger partial charge on any atom is -0.377 e. The Morgan fingerprint density at radius 1 is 1.00 bits per heavy atom. The summed E-state index contributed by atoms with van der Waals surface area (Å²) in [5.74, 6) is 0.659. The molecule has 0 unspecified atom stereocenters. The van der Waals surface area contributed by atoms with Crippen molar-refractivity contribution in [2.75, 3.05) is 30.9 Å². The molecule has 0 spiro atoms. The van der Waals surface area contributed by atoms with Crippen LogP contribution in [0.5, 0.6) is 0 Å². The number of anilines is 2. The van der Waals surface area contributed by atoms with E-state index in [2.05, 4.69) is 27.7 Å². The van der Waals surface area contributed by atoms with Crippen molar-refractivity contribution in [2.45, 2.75) is 44.4 Å². The van der Waals surface area contributed by atoms with Crippen LogP contribution < -0.4 is 15.5 Å². The maximum Gasteiger partial charge on any atom is 0.416 e. The predicted octanol–water partition coefficient (Wildman–Crippen LogP) is 6.22. The van der Waals surface area contributed by atoms with Crippen molar-refractivity contribution in [2.24, 2.45) is 5.92 Å². The number of hydrogen-bond donors (Lipinski definition) is 2. The van der Waals surface area contributed by atoms with Crippen LogP contribution in [0.15, 0.2) is 48.5 Å². The molecule has 0 amide bonds. The van der Waals surface area contributed by atoms with Gasteiger partial charge in [0, 0.05) is 49.4 Å². The molecule has 4 nitrogen and oxygen atoms in total. The van der Waals surface area contributed by atoms with E-state index in [1.165, 1.54) is 0 Å². The van der Waals surface area contributed by atoms with Crippen LogP contribution in [0.2, 0.25) is 0 Å². The number of nitrogens with zero attached hydrogens (tertiary/aromatic N) is 2. The monoisotopic (exact) mass is 474 g/mol. The molecule has 4 rings (SSSR count). The van der Waals surface area contributed by atoms with Crippen molar-refractivity contribution >= 4 is 22.4 Å². The maximum atomic E-state index is 13.9. The molecule has 1 saturated carbocycles. The average Bonchev–Trinajstić information content (AvgIpc) is 2.80. The molecule has 0 saturated heterocycles. The van der Waals surface area contributed by atoms with E-state index in [1.54, 1.807) is 0 Å². The summed E-state index contributed by atoms with van der Waals surface area (Å²) in [6, 6.07) is 13.1. The zero-order chi connectivity index (χ0) is 24.3. The van der Waals surface area contributed by atoms with Gasteiger partial charge in [-0.05, 0) is 62.4 Å². The van der Waals surface area contributed by atoms with Crippen molar-refractivity contribution in [3.63, 3.8) is 0 Å². The van der Waals surface area contributed by atoms with Crippen LogP contribution in [-0.4, -0.2) is 31.7 Å². The molecule has 1 aliphatic carbocycles.